The fourth-order valence-corrected chi connectivity index (χ4v) is 3.06. The SMILES string of the molecule is NCc1cc(S(=O)(=O)Nc2cc(Cl)c(F)c(Cl)c2)c[nH]1. The average molecular weight is 338 g/mol. The number of halogens is 3. The van der Waals surface area contributed by atoms with Gasteiger partial charge in [-0.2, -0.15) is 0 Å². The Kier molecular flexibility index (Phi) is 4.24. The molecule has 0 unspecified atom stereocenters. The lowest BCUT2D eigenvalue weighted by Gasteiger charge is -2.08. The molecule has 0 bridgehead atoms. The molecule has 2 aromatic rings. The van der Waals surface area contributed by atoms with Crippen LogP contribution >= 0.6 is 23.2 Å². The van der Waals surface area contributed by atoms with E-state index >= 15 is 0 Å². The minimum Gasteiger partial charge on any atom is -0.363 e. The van der Waals surface area contributed by atoms with Gasteiger partial charge in [0, 0.05) is 18.4 Å². The van der Waals surface area contributed by atoms with Crippen molar-refractivity contribution in [3.63, 3.8) is 0 Å². The van der Waals surface area contributed by atoms with Crippen molar-refractivity contribution in [1.82, 2.24) is 4.98 Å². The van der Waals surface area contributed by atoms with Crippen LogP contribution in [0.25, 0.3) is 0 Å². The molecular weight excluding hydrogens is 328 g/mol. The van der Waals surface area contributed by atoms with Gasteiger partial charge in [0.05, 0.1) is 15.7 Å². The minimum atomic E-state index is -3.83. The van der Waals surface area contributed by atoms with Crippen LogP contribution in [0.2, 0.25) is 10.0 Å². The summed E-state index contributed by atoms with van der Waals surface area (Å²) < 4.78 is 39.7. The van der Waals surface area contributed by atoms with E-state index in [1.165, 1.54) is 12.3 Å². The van der Waals surface area contributed by atoms with Gasteiger partial charge in [-0.15, -0.1) is 0 Å². The van der Waals surface area contributed by atoms with Crippen molar-refractivity contribution < 1.29 is 12.8 Å². The summed E-state index contributed by atoms with van der Waals surface area (Å²) in [5.41, 5.74) is 6.03. The molecule has 9 heteroatoms. The molecule has 0 saturated carbocycles. The van der Waals surface area contributed by atoms with Crippen LogP contribution in [0.4, 0.5) is 10.1 Å². The predicted octanol–water partition coefficient (Wildman–Crippen LogP) is 2.72. The van der Waals surface area contributed by atoms with Crippen LogP contribution in [0.5, 0.6) is 0 Å². The van der Waals surface area contributed by atoms with Crippen LogP contribution in [0.3, 0.4) is 0 Å². The molecule has 20 heavy (non-hydrogen) atoms. The fraction of sp³-hybridized carbons (Fsp3) is 0.0909. The van der Waals surface area contributed by atoms with Gasteiger partial charge >= 0.3 is 0 Å². The Labute approximate surface area is 124 Å². The summed E-state index contributed by atoms with van der Waals surface area (Å²) in [7, 11) is -3.83. The van der Waals surface area contributed by atoms with Gasteiger partial charge in [-0.05, 0) is 18.2 Å². The molecule has 1 aromatic heterocycles. The van der Waals surface area contributed by atoms with Crippen molar-refractivity contribution in [1.29, 1.82) is 0 Å². The van der Waals surface area contributed by atoms with E-state index < -0.39 is 15.8 Å². The zero-order valence-electron chi connectivity index (χ0n) is 9.95. The first-order chi connectivity index (χ1) is 9.33. The van der Waals surface area contributed by atoms with E-state index in [0.717, 1.165) is 12.1 Å². The molecule has 4 N–H and O–H groups in total. The minimum absolute atomic E-state index is 0.00881. The highest BCUT2D eigenvalue weighted by molar-refractivity contribution is 7.92. The van der Waals surface area contributed by atoms with E-state index in [1.807, 2.05) is 0 Å². The van der Waals surface area contributed by atoms with Crippen molar-refractivity contribution in [2.75, 3.05) is 4.72 Å². The van der Waals surface area contributed by atoms with Crippen molar-refractivity contribution in [2.24, 2.45) is 5.73 Å². The highest BCUT2D eigenvalue weighted by Crippen LogP contribution is 2.28. The number of hydrogen-bond donors (Lipinski definition) is 3. The van der Waals surface area contributed by atoms with Crippen molar-refractivity contribution >= 4 is 38.9 Å². The number of aromatic nitrogens is 1. The Morgan fingerprint density at radius 2 is 1.85 bits per heavy atom. The Morgan fingerprint density at radius 3 is 2.35 bits per heavy atom. The molecular formula is C11H10Cl2FN3O2S. The molecule has 1 heterocycles. The van der Waals surface area contributed by atoms with Crippen LogP contribution in [-0.4, -0.2) is 13.4 Å². The van der Waals surface area contributed by atoms with E-state index in [0.29, 0.717) is 5.69 Å². The van der Waals surface area contributed by atoms with E-state index in [9.17, 15) is 12.8 Å². The first kappa shape index (κ1) is 15.1. The number of aromatic amines is 1. The topological polar surface area (TPSA) is 88.0 Å². The second-order valence-corrected chi connectivity index (χ2v) is 6.42. The second-order valence-electron chi connectivity index (χ2n) is 3.92. The lowest BCUT2D eigenvalue weighted by Crippen LogP contribution is -2.12. The maximum atomic E-state index is 13.3. The molecule has 5 nitrogen and oxygen atoms in total. The highest BCUT2D eigenvalue weighted by Gasteiger charge is 2.17. The van der Waals surface area contributed by atoms with E-state index in [1.54, 1.807) is 0 Å². The van der Waals surface area contributed by atoms with Gasteiger partial charge < -0.3 is 10.7 Å². The molecule has 0 radical (unpaired) electrons. The maximum absolute atomic E-state index is 13.3. The number of anilines is 1. The Balaban J connectivity index is 2.33. The summed E-state index contributed by atoms with van der Waals surface area (Å²) in [5, 5.41) is -0.543. The monoisotopic (exact) mass is 337 g/mol. The summed E-state index contributed by atoms with van der Waals surface area (Å²) in [4.78, 5) is 2.73. The van der Waals surface area contributed by atoms with Crippen molar-refractivity contribution in [3.8, 4) is 0 Å². The standard InChI is InChI=1S/C11H10Cl2FN3O2S/c12-9-2-6(3-10(13)11(9)14)17-20(18,19)8-1-7(4-15)16-5-8/h1-3,5,16-17H,4,15H2. The van der Waals surface area contributed by atoms with Crippen molar-refractivity contribution in [3.05, 3.63) is 46.0 Å². The molecule has 1 aromatic carbocycles. The van der Waals surface area contributed by atoms with Crippen LogP contribution < -0.4 is 10.5 Å². The zero-order chi connectivity index (χ0) is 14.9. The summed E-state index contributed by atoms with van der Waals surface area (Å²) in [5.74, 6) is -0.802. The molecule has 0 saturated heterocycles. The molecule has 0 aliphatic heterocycles. The number of rotatable bonds is 4. The molecule has 0 fully saturated rings. The van der Waals surface area contributed by atoms with Gasteiger partial charge in [0.1, 0.15) is 4.90 Å². The number of nitrogens with two attached hydrogens (primary N) is 1. The quantitative estimate of drug-likeness (QED) is 0.749. The molecule has 0 spiro atoms. The number of benzene rings is 1. The van der Waals surface area contributed by atoms with Gasteiger partial charge in [0.15, 0.2) is 5.82 Å². The Bertz CT molecular complexity index is 723. The van der Waals surface area contributed by atoms with E-state index in [2.05, 4.69) is 9.71 Å². The lowest BCUT2D eigenvalue weighted by atomic mass is 10.3. The average Bonchev–Trinajstić information content (AvgIpc) is 2.85. The van der Waals surface area contributed by atoms with Crippen LogP contribution in [0.1, 0.15) is 5.69 Å². The second kappa shape index (κ2) is 5.61. The molecule has 2 rings (SSSR count). The van der Waals surface area contributed by atoms with Gasteiger partial charge in [-0.25, -0.2) is 12.8 Å². The van der Waals surface area contributed by atoms with Crippen LogP contribution in [0, 0.1) is 5.82 Å². The normalized spacial score (nSPS) is 11.6. The number of sulfonamides is 1. The summed E-state index contributed by atoms with van der Waals surface area (Å²) in [6.07, 6.45) is 1.30. The molecule has 0 atom stereocenters. The first-order valence-electron chi connectivity index (χ1n) is 5.38. The largest absolute Gasteiger partial charge is 0.363 e. The highest BCUT2D eigenvalue weighted by atomic mass is 35.5. The third-order valence-electron chi connectivity index (χ3n) is 2.48. The predicted molar refractivity (Wildman–Crippen MR) is 75.9 cm³/mol. The molecule has 0 aliphatic rings. The van der Waals surface area contributed by atoms with E-state index in [4.69, 9.17) is 28.9 Å². The first-order valence-corrected chi connectivity index (χ1v) is 7.62. The molecule has 108 valence electrons. The Hall–Kier alpha value is -1.28. The maximum Gasteiger partial charge on any atom is 0.263 e. The summed E-state index contributed by atoms with van der Waals surface area (Å²) in [6, 6.07) is 3.67. The fourth-order valence-electron chi connectivity index (χ4n) is 1.52. The van der Waals surface area contributed by atoms with Gasteiger partial charge in [0.25, 0.3) is 10.0 Å². The zero-order valence-corrected chi connectivity index (χ0v) is 12.3. The lowest BCUT2D eigenvalue weighted by molar-refractivity contribution is 0.601. The number of nitrogens with one attached hydrogen (secondary N) is 2. The molecule has 0 aliphatic carbocycles. The van der Waals surface area contributed by atoms with Crippen molar-refractivity contribution in [2.45, 2.75) is 11.4 Å². The Morgan fingerprint density at radius 1 is 1.25 bits per heavy atom. The number of H-pyrrole nitrogens is 1. The number of hydrogen-bond acceptors (Lipinski definition) is 3. The van der Waals surface area contributed by atoms with E-state index in [-0.39, 0.29) is 27.2 Å². The van der Waals surface area contributed by atoms with Gasteiger partial charge in [-0.1, -0.05) is 23.2 Å². The van der Waals surface area contributed by atoms with Crippen LogP contribution in [0.15, 0.2) is 29.3 Å². The summed E-state index contributed by atoms with van der Waals surface area (Å²) >= 11 is 11.2. The summed E-state index contributed by atoms with van der Waals surface area (Å²) in [6.45, 7) is 0.184. The smallest absolute Gasteiger partial charge is 0.263 e. The van der Waals surface area contributed by atoms with Gasteiger partial charge in [0.2, 0.25) is 0 Å². The van der Waals surface area contributed by atoms with Gasteiger partial charge in [-0.3, -0.25) is 4.72 Å². The third-order valence-corrected chi connectivity index (χ3v) is 4.39. The van der Waals surface area contributed by atoms with Crippen LogP contribution in [-0.2, 0) is 16.6 Å². The molecule has 0 amide bonds. The third kappa shape index (κ3) is 3.06.